The van der Waals surface area contributed by atoms with Crippen molar-refractivity contribution in [2.45, 2.75) is 18.8 Å². The van der Waals surface area contributed by atoms with Crippen molar-refractivity contribution in [3.63, 3.8) is 0 Å². The summed E-state index contributed by atoms with van der Waals surface area (Å²) in [6.45, 7) is 4.10. The van der Waals surface area contributed by atoms with Gasteiger partial charge in [0, 0.05) is 25.8 Å². The lowest BCUT2D eigenvalue weighted by molar-refractivity contribution is -0.156. The number of aromatic nitrogens is 4. The third kappa shape index (κ3) is 5.23. The largest absolute Gasteiger partial charge is 0.414 e. The molecule has 0 bridgehead atoms. The number of nitrogens with zero attached hydrogens (tertiary/aromatic N) is 5. The van der Waals surface area contributed by atoms with Crippen LogP contribution in [0.3, 0.4) is 0 Å². The summed E-state index contributed by atoms with van der Waals surface area (Å²) in [4.78, 5) is 18.1. The molecule has 11 heteroatoms. The Bertz CT molecular complexity index is 746. The number of pyridine rings is 1. The van der Waals surface area contributed by atoms with Gasteiger partial charge in [0.1, 0.15) is 0 Å². The van der Waals surface area contributed by atoms with Gasteiger partial charge in [-0.25, -0.2) is 0 Å². The Labute approximate surface area is 153 Å². The van der Waals surface area contributed by atoms with Crippen LogP contribution in [0.2, 0.25) is 0 Å². The predicted octanol–water partition coefficient (Wildman–Crippen LogP) is 1.04. The first-order valence-corrected chi connectivity index (χ1v) is 8.42. The molecule has 0 radical (unpaired) electrons. The topological polar surface area (TPSA) is 85.2 Å². The summed E-state index contributed by atoms with van der Waals surface area (Å²) in [5.41, 5.74) is -0.472. The van der Waals surface area contributed by atoms with Gasteiger partial charge in [-0.1, -0.05) is 11.3 Å². The molecule has 1 aliphatic rings. The van der Waals surface area contributed by atoms with Gasteiger partial charge in [-0.15, -0.1) is 5.10 Å². The minimum atomic E-state index is -4.68. The zero-order valence-electron chi connectivity index (χ0n) is 14.4. The zero-order valence-corrected chi connectivity index (χ0v) is 14.4. The van der Waals surface area contributed by atoms with Crippen molar-refractivity contribution >= 4 is 5.91 Å². The van der Waals surface area contributed by atoms with Crippen LogP contribution in [0, 0.1) is 0 Å². The van der Waals surface area contributed by atoms with E-state index in [9.17, 15) is 18.0 Å². The highest BCUT2D eigenvalue weighted by Gasteiger charge is 2.43. The van der Waals surface area contributed by atoms with Gasteiger partial charge in [0.15, 0.2) is 11.7 Å². The van der Waals surface area contributed by atoms with E-state index in [1.807, 2.05) is 5.32 Å². The Morgan fingerprint density at radius 3 is 2.70 bits per heavy atom. The van der Waals surface area contributed by atoms with Gasteiger partial charge in [-0.05, 0) is 12.1 Å². The first kappa shape index (κ1) is 19.2. The van der Waals surface area contributed by atoms with Crippen molar-refractivity contribution in [1.82, 2.24) is 30.2 Å². The summed E-state index contributed by atoms with van der Waals surface area (Å²) in [5.74, 6) is -0.958. The molecular formula is C16H19F3N6O2. The van der Waals surface area contributed by atoms with Crippen molar-refractivity contribution in [3.8, 4) is 0 Å². The van der Waals surface area contributed by atoms with Gasteiger partial charge in [-0.3, -0.25) is 19.4 Å². The standard InChI is InChI=1S/C16H19F3N6O2/c17-16(18,19)14(12-3-1-2-4-20-12)21-15(26)13-11-25(23-22-13)6-5-24-7-9-27-10-8-24/h1-4,11,14H,5-10H2,(H,21,26)/t14-/m0/s1. The molecule has 146 valence electrons. The molecule has 2 aromatic rings. The molecular weight excluding hydrogens is 365 g/mol. The van der Waals surface area contributed by atoms with Crippen LogP contribution in [0.25, 0.3) is 0 Å². The SMILES string of the molecule is O=C(N[C@@H](c1ccccn1)C(F)(F)F)c1cn(CCN2CCOCC2)nn1. The number of rotatable bonds is 6. The molecule has 1 saturated heterocycles. The van der Waals surface area contributed by atoms with E-state index in [4.69, 9.17) is 4.74 Å². The maximum absolute atomic E-state index is 13.3. The minimum absolute atomic E-state index is 0.179. The van der Waals surface area contributed by atoms with Crippen molar-refractivity contribution in [1.29, 1.82) is 0 Å². The lowest BCUT2D eigenvalue weighted by atomic mass is 10.1. The third-order valence-electron chi connectivity index (χ3n) is 4.11. The lowest BCUT2D eigenvalue weighted by Gasteiger charge is -2.26. The Morgan fingerprint density at radius 1 is 1.26 bits per heavy atom. The summed E-state index contributed by atoms with van der Waals surface area (Å²) in [5, 5.41) is 9.43. The molecule has 3 heterocycles. The zero-order chi connectivity index (χ0) is 19.3. The molecule has 3 rings (SSSR count). The molecule has 2 aromatic heterocycles. The number of carbonyl (C=O) groups excluding carboxylic acids is 1. The summed E-state index contributed by atoms with van der Waals surface area (Å²) >= 11 is 0. The predicted molar refractivity (Wildman–Crippen MR) is 87.8 cm³/mol. The summed E-state index contributed by atoms with van der Waals surface area (Å²) in [6, 6.07) is 1.91. The third-order valence-corrected chi connectivity index (χ3v) is 4.11. The Kier molecular flexibility index (Phi) is 6.01. The fraction of sp³-hybridized carbons (Fsp3) is 0.500. The second-order valence-corrected chi connectivity index (χ2v) is 6.02. The second kappa shape index (κ2) is 8.44. The van der Waals surface area contributed by atoms with Crippen LogP contribution in [-0.2, 0) is 11.3 Å². The van der Waals surface area contributed by atoms with E-state index in [2.05, 4.69) is 20.2 Å². The fourth-order valence-electron chi connectivity index (χ4n) is 2.66. The molecule has 1 N–H and O–H groups in total. The smallest absolute Gasteiger partial charge is 0.379 e. The normalized spacial score (nSPS) is 16.9. The molecule has 8 nitrogen and oxygen atoms in total. The highest BCUT2D eigenvalue weighted by molar-refractivity contribution is 5.92. The number of nitrogens with one attached hydrogen (secondary N) is 1. The monoisotopic (exact) mass is 384 g/mol. The first-order chi connectivity index (χ1) is 12.9. The average molecular weight is 384 g/mol. The van der Waals surface area contributed by atoms with Crippen molar-refractivity contribution < 1.29 is 22.7 Å². The van der Waals surface area contributed by atoms with Gasteiger partial charge < -0.3 is 10.1 Å². The number of morpholine rings is 1. The number of hydrogen-bond acceptors (Lipinski definition) is 6. The number of ether oxygens (including phenoxy) is 1. The first-order valence-electron chi connectivity index (χ1n) is 8.42. The second-order valence-electron chi connectivity index (χ2n) is 6.02. The average Bonchev–Trinajstić information content (AvgIpc) is 3.14. The molecule has 1 aliphatic heterocycles. The van der Waals surface area contributed by atoms with E-state index >= 15 is 0 Å². The van der Waals surface area contributed by atoms with Gasteiger partial charge in [-0.2, -0.15) is 13.2 Å². The van der Waals surface area contributed by atoms with E-state index in [-0.39, 0.29) is 11.4 Å². The van der Waals surface area contributed by atoms with Crippen molar-refractivity contribution in [2.75, 3.05) is 32.8 Å². The highest BCUT2D eigenvalue weighted by Crippen LogP contribution is 2.31. The number of alkyl halides is 3. The molecule has 0 unspecified atom stereocenters. The summed E-state index contributed by atoms with van der Waals surface area (Å²) < 4.78 is 46.6. The fourth-order valence-corrected chi connectivity index (χ4v) is 2.66. The van der Waals surface area contributed by atoms with E-state index in [0.717, 1.165) is 13.1 Å². The van der Waals surface area contributed by atoms with Crippen LogP contribution >= 0.6 is 0 Å². The van der Waals surface area contributed by atoms with Crippen molar-refractivity contribution in [3.05, 3.63) is 42.0 Å². The van der Waals surface area contributed by atoms with Gasteiger partial charge in [0.2, 0.25) is 0 Å². The Morgan fingerprint density at radius 2 is 2.04 bits per heavy atom. The molecule has 0 aliphatic carbocycles. The highest BCUT2D eigenvalue weighted by atomic mass is 19.4. The lowest BCUT2D eigenvalue weighted by Crippen LogP contribution is -2.38. The Hall–Kier alpha value is -2.53. The number of halogens is 3. The molecule has 0 spiro atoms. The molecule has 1 amide bonds. The van der Waals surface area contributed by atoms with Crippen LogP contribution in [0.4, 0.5) is 13.2 Å². The van der Waals surface area contributed by atoms with Crippen LogP contribution in [0.1, 0.15) is 22.2 Å². The van der Waals surface area contributed by atoms with Crippen LogP contribution < -0.4 is 5.32 Å². The maximum Gasteiger partial charge on any atom is 0.414 e. The molecule has 1 atom stereocenters. The van der Waals surface area contributed by atoms with Crippen LogP contribution in [0.5, 0.6) is 0 Å². The van der Waals surface area contributed by atoms with Gasteiger partial charge in [0.05, 0.1) is 31.6 Å². The summed E-state index contributed by atoms with van der Waals surface area (Å²) in [6.07, 6.45) is -2.11. The molecule has 27 heavy (non-hydrogen) atoms. The molecule has 0 saturated carbocycles. The molecule has 0 aromatic carbocycles. The van der Waals surface area contributed by atoms with E-state index in [0.29, 0.717) is 26.3 Å². The van der Waals surface area contributed by atoms with Crippen LogP contribution in [-0.4, -0.2) is 69.8 Å². The summed E-state index contributed by atoms with van der Waals surface area (Å²) in [7, 11) is 0. The molecule has 1 fully saturated rings. The van der Waals surface area contributed by atoms with E-state index < -0.39 is 18.1 Å². The van der Waals surface area contributed by atoms with Crippen molar-refractivity contribution in [2.24, 2.45) is 0 Å². The quantitative estimate of drug-likeness (QED) is 0.801. The van der Waals surface area contributed by atoms with Gasteiger partial charge >= 0.3 is 6.18 Å². The maximum atomic E-state index is 13.3. The number of amides is 1. The number of hydrogen-bond donors (Lipinski definition) is 1. The van der Waals surface area contributed by atoms with E-state index in [1.54, 1.807) is 0 Å². The van der Waals surface area contributed by atoms with Crippen LogP contribution in [0.15, 0.2) is 30.6 Å². The Balaban J connectivity index is 1.62. The minimum Gasteiger partial charge on any atom is -0.379 e. The van der Waals surface area contributed by atoms with Gasteiger partial charge in [0.25, 0.3) is 5.91 Å². The van der Waals surface area contributed by atoms with E-state index in [1.165, 1.54) is 35.3 Å². The number of carbonyl (C=O) groups is 1.